The van der Waals surface area contributed by atoms with Gasteiger partial charge in [0.25, 0.3) is 0 Å². The van der Waals surface area contributed by atoms with Crippen LogP contribution in [-0.4, -0.2) is 23.9 Å². The molecular weight excluding hydrogens is 308 g/mol. The summed E-state index contributed by atoms with van der Waals surface area (Å²) in [4.78, 5) is 0. The molecule has 0 aromatic rings. The first kappa shape index (κ1) is 16.8. The quantitative estimate of drug-likeness (QED) is 0.567. The van der Waals surface area contributed by atoms with Crippen molar-refractivity contribution in [1.82, 2.24) is 0 Å². The van der Waals surface area contributed by atoms with Crippen LogP contribution in [0.1, 0.15) is 72.1 Å². The summed E-state index contributed by atoms with van der Waals surface area (Å²) in [6.45, 7) is 8.65. The third-order valence-electron chi connectivity index (χ3n) is 9.73. The molecule has 1 aliphatic heterocycles. The highest BCUT2D eigenvalue weighted by atomic mass is 16.6. The Morgan fingerprint density at radius 2 is 1.92 bits per heavy atom. The van der Waals surface area contributed by atoms with Crippen LogP contribution in [0.2, 0.25) is 0 Å². The minimum atomic E-state index is -0.0833. The highest BCUT2D eigenvalue weighted by Crippen LogP contribution is 2.67. The van der Waals surface area contributed by atoms with Gasteiger partial charge in [-0.05, 0) is 91.8 Å². The summed E-state index contributed by atoms with van der Waals surface area (Å²) in [6.07, 6.45) is 13.2. The second kappa shape index (κ2) is 5.58. The molecule has 0 bridgehead atoms. The molecular formula is C23H36O2. The van der Waals surface area contributed by atoms with Gasteiger partial charge in [0, 0.05) is 0 Å². The number of ether oxygens (including phenoxy) is 1. The molecule has 0 aromatic heterocycles. The lowest BCUT2D eigenvalue weighted by molar-refractivity contribution is -0.0582. The second-order valence-corrected chi connectivity index (χ2v) is 10.6. The Hall–Kier alpha value is -0.340. The molecule has 1 saturated heterocycles. The molecule has 4 unspecified atom stereocenters. The molecule has 5 rings (SSSR count). The van der Waals surface area contributed by atoms with Crippen LogP contribution in [0.5, 0.6) is 0 Å². The Bertz CT molecular complexity index is 579. The number of allylic oxidation sites excluding steroid dienone is 1. The summed E-state index contributed by atoms with van der Waals surface area (Å²) in [5.74, 6) is 4.29. The smallest absolute Gasteiger partial charge is 0.0838 e. The zero-order chi connectivity index (χ0) is 17.4. The summed E-state index contributed by atoms with van der Waals surface area (Å²) < 4.78 is 5.68. The highest BCUT2D eigenvalue weighted by Gasteiger charge is 2.60. The van der Waals surface area contributed by atoms with Gasteiger partial charge in [-0.15, -0.1) is 0 Å². The maximum absolute atomic E-state index is 10.2. The minimum absolute atomic E-state index is 0.0833. The van der Waals surface area contributed by atoms with Gasteiger partial charge in [0.05, 0.1) is 18.8 Å². The lowest BCUT2D eigenvalue weighted by Gasteiger charge is -2.58. The number of aliphatic hydroxyl groups excluding tert-OH is 1. The van der Waals surface area contributed by atoms with E-state index in [1.165, 1.54) is 38.5 Å². The number of aliphatic hydroxyl groups is 1. The standard InChI is InChI=1S/C23H36O2/c1-14(21-13-25-21)18-6-7-19-17-5-4-15-12-16(24)8-10-22(15,2)20(17)9-11-23(18,19)3/h4,14,16-21,24H,5-13H2,1-3H3/t14-,16-,17?,18?,19?,20?,21-,22-,23+/m0/s1. The van der Waals surface area contributed by atoms with Crippen molar-refractivity contribution in [3.63, 3.8) is 0 Å². The van der Waals surface area contributed by atoms with Crippen LogP contribution in [0.15, 0.2) is 11.6 Å². The van der Waals surface area contributed by atoms with E-state index < -0.39 is 0 Å². The van der Waals surface area contributed by atoms with Crippen molar-refractivity contribution in [3.8, 4) is 0 Å². The first-order valence-electron chi connectivity index (χ1n) is 10.9. The Labute approximate surface area is 153 Å². The van der Waals surface area contributed by atoms with Crippen LogP contribution in [0.25, 0.3) is 0 Å². The van der Waals surface area contributed by atoms with Crippen LogP contribution < -0.4 is 0 Å². The predicted octanol–water partition coefficient (Wildman–Crippen LogP) is 4.96. The molecule has 1 N–H and O–H groups in total. The zero-order valence-corrected chi connectivity index (χ0v) is 16.3. The Balaban J connectivity index is 1.43. The number of hydrogen-bond donors (Lipinski definition) is 1. The van der Waals surface area contributed by atoms with Crippen molar-refractivity contribution in [3.05, 3.63) is 11.6 Å². The van der Waals surface area contributed by atoms with E-state index in [1.807, 2.05) is 0 Å². The topological polar surface area (TPSA) is 32.8 Å². The SMILES string of the molecule is C[C@@H](C1CCC2C3CC=C4C[C@@H](O)CC[C@]4(C)C3CC[C@@]21C)[C@@H]1CO1. The van der Waals surface area contributed by atoms with Crippen molar-refractivity contribution in [2.24, 2.45) is 40.4 Å². The maximum atomic E-state index is 10.2. The van der Waals surface area contributed by atoms with Crippen LogP contribution >= 0.6 is 0 Å². The predicted molar refractivity (Wildman–Crippen MR) is 100 cm³/mol. The van der Waals surface area contributed by atoms with Gasteiger partial charge in [0.2, 0.25) is 0 Å². The van der Waals surface area contributed by atoms with E-state index in [9.17, 15) is 5.11 Å². The van der Waals surface area contributed by atoms with Crippen molar-refractivity contribution in [2.45, 2.75) is 84.3 Å². The molecule has 9 atom stereocenters. The average molecular weight is 345 g/mol. The third-order valence-corrected chi connectivity index (χ3v) is 9.73. The minimum Gasteiger partial charge on any atom is -0.393 e. The lowest BCUT2D eigenvalue weighted by Crippen LogP contribution is -2.51. The zero-order valence-electron chi connectivity index (χ0n) is 16.3. The van der Waals surface area contributed by atoms with Gasteiger partial charge < -0.3 is 9.84 Å². The second-order valence-electron chi connectivity index (χ2n) is 10.6. The van der Waals surface area contributed by atoms with Gasteiger partial charge in [-0.25, -0.2) is 0 Å². The molecule has 2 nitrogen and oxygen atoms in total. The van der Waals surface area contributed by atoms with E-state index in [-0.39, 0.29) is 6.10 Å². The number of epoxide rings is 1. The first-order valence-corrected chi connectivity index (χ1v) is 10.9. The van der Waals surface area contributed by atoms with Gasteiger partial charge in [0.15, 0.2) is 0 Å². The van der Waals surface area contributed by atoms with Gasteiger partial charge >= 0.3 is 0 Å². The maximum Gasteiger partial charge on any atom is 0.0838 e. The largest absolute Gasteiger partial charge is 0.393 e. The van der Waals surface area contributed by atoms with E-state index >= 15 is 0 Å². The average Bonchev–Trinajstić information content (AvgIpc) is 3.37. The van der Waals surface area contributed by atoms with E-state index in [2.05, 4.69) is 26.8 Å². The normalized spacial score (nSPS) is 55.6. The molecule has 1 heterocycles. The van der Waals surface area contributed by atoms with Crippen molar-refractivity contribution < 1.29 is 9.84 Å². The molecule has 2 heteroatoms. The monoisotopic (exact) mass is 344 g/mol. The van der Waals surface area contributed by atoms with Crippen molar-refractivity contribution >= 4 is 0 Å². The van der Waals surface area contributed by atoms with Crippen molar-refractivity contribution in [2.75, 3.05) is 6.61 Å². The van der Waals surface area contributed by atoms with Gasteiger partial charge in [-0.2, -0.15) is 0 Å². The van der Waals surface area contributed by atoms with Crippen molar-refractivity contribution in [1.29, 1.82) is 0 Å². The number of rotatable bonds is 2. The molecule has 0 radical (unpaired) electrons. The Kier molecular flexibility index (Phi) is 3.75. The van der Waals surface area contributed by atoms with Gasteiger partial charge in [-0.3, -0.25) is 0 Å². The lowest BCUT2D eigenvalue weighted by atomic mass is 9.47. The van der Waals surface area contributed by atoms with E-state index in [4.69, 9.17) is 4.74 Å². The molecule has 0 spiro atoms. The third kappa shape index (κ3) is 2.35. The summed E-state index contributed by atoms with van der Waals surface area (Å²) in [5, 5.41) is 10.2. The summed E-state index contributed by atoms with van der Waals surface area (Å²) in [7, 11) is 0. The molecule has 5 aliphatic rings. The summed E-state index contributed by atoms with van der Waals surface area (Å²) in [6, 6.07) is 0. The van der Waals surface area contributed by atoms with E-state index in [0.29, 0.717) is 16.9 Å². The van der Waals surface area contributed by atoms with Crippen LogP contribution in [0.4, 0.5) is 0 Å². The fourth-order valence-electron chi connectivity index (χ4n) is 8.16. The summed E-state index contributed by atoms with van der Waals surface area (Å²) >= 11 is 0. The fraction of sp³-hybridized carbons (Fsp3) is 0.913. The highest BCUT2D eigenvalue weighted by molar-refractivity contribution is 5.25. The molecule has 140 valence electrons. The fourth-order valence-corrected chi connectivity index (χ4v) is 8.16. The molecule has 0 aromatic carbocycles. The van der Waals surface area contributed by atoms with Crippen LogP contribution in [0, 0.1) is 40.4 Å². The molecule has 3 saturated carbocycles. The molecule has 4 fully saturated rings. The number of hydrogen-bond acceptors (Lipinski definition) is 2. The molecule has 25 heavy (non-hydrogen) atoms. The Morgan fingerprint density at radius 1 is 1.12 bits per heavy atom. The first-order chi connectivity index (χ1) is 11.9. The van der Waals surface area contributed by atoms with Gasteiger partial charge in [0.1, 0.15) is 0 Å². The van der Waals surface area contributed by atoms with Crippen LogP contribution in [0.3, 0.4) is 0 Å². The van der Waals surface area contributed by atoms with E-state index in [0.717, 1.165) is 49.0 Å². The Morgan fingerprint density at radius 3 is 2.68 bits per heavy atom. The van der Waals surface area contributed by atoms with Gasteiger partial charge in [-0.1, -0.05) is 32.4 Å². The molecule has 0 amide bonds. The molecule has 4 aliphatic carbocycles. The summed E-state index contributed by atoms with van der Waals surface area (Å²) in [5.41, 5.74) is 2.53. The van der Waals surface area contributed by atoms with Crippen LogP contribution in [-0.2, 0) is 4.74 Å². The number of fused-ring (bicyclic) bond motifs is 5. The van der Waals surface area contributed by atoms with E-state index in [1.54, 1.807) is 5.57 Å².